The van der Waals surface area contributed by atoms with Crippen LogP contribution in [0.25, 0.3) is 0 Å². The number of aromatic nitrogens is 2. The van der Waals surface area contributed by atoms with Crippen LogP contribution in [0.3, 0.4) is 0 Å². The molecule has 144 valence electrons. The number of piperazine rings is 1. The Balaban J connectivity index is 1.78. The van der Waals surface area contributed by atoms with E-state index in [0.717, 1.165) is 24.2 Å². The topological polar surface area (TPSA) is 67.7 Å². The molecule has 1 saturated heterocycles. The fourth-order valence-electron chi connectivity index (χ4n) is 3.40. The zero-order chi connectivity index (χ0) is 19.6. The number of ether oxygens (including phenoxy) is 1. The van der Waals surface area contributed by atoms with Crippen LogP contribution in [0.4, 0.5) is 5.69 Å². The molecule has 1 aliphatic rings. The van der Waals surface area contributed by atoms with Gasteiger partial charge in [0.25, 0.3) is 5.91 Å². The van der Waals surface area contributed by atoms with Gasteiger partial charge >= 0.3 is 0 Å². The fraction of sp³-hybridized carbons (Fsp3) is 0.450. The highest BCUT2D eigenvalue weighted by Crippen LogP contribution is 2.25. The highest BCUT2D eigenvalue weighted by atomic mass is 16.5. The lowest BCUT2D eigenvalue weighted by atomic mass is 10.1. The fourth-order valence-corrected chi connectivity index (χ4v) is 3.40. The lowest BCUT2D eigenvalue weighted by molar-refractivity contribution is -0.121. The van der Waals surface area contributed by atoms with Gasteiger partial charge in [0.2, 0.25) is 5.91 Å². The zero-order valence-corrected chi connectivity index (χ0v) is 16.3. The van der Waals surface area contributed by atoms with Gasteiger partial charge < -0.3 is 14.5 Å². The molecule has 7 nitrogen and oxygen atoms in total. The van der Waals surface area contributed by atoms with E-state index in [-0.39, 0.29) is 24.4 Å². The van der Waals surface area contributed by atoms with E-state index in [1.54, 1.807) is 28.6 Å². The van der Waals surface area contributed by atoms with Gasteiger partial charge in [-0.05, 0) is 31.5 Å². The normalized spacial score (nSPS) is 17.3. The van der Waals surface area contributed by atoms with Crippen LogP contribution in [-0.2, 0) is 18.3 Å². The number of anilines is 1. The number of carbonyl (C=O) groups excluding carboxylic acids is 2. The second-order valence-electron chi connectivity index (χ2n) is 6.88. The van der Waals surface area contributed by atoms with Gasteiger partial charge in [0.15, 0.2) is 0 Å². The molecule has 2 heterocycles. The summed E-state index contributed by atoms with van der Waals surface area (Å²) >= 11 is 0. The largest absolute Gasteiger partial charge is 0.497 e. The molecule has 2 amide bonds. The van der Waals surface area contributed by atoms with Gasteiger partial charge in [-0.2, -0.15) is 5.10 Å². The summed E-state index contributed by atoms with van der Waals surface area (Å²) in [5.74, 6) is 0.439. The molecule has 0 bridgehead atoms. The first-order chi connectivity index (χ1) is 12.9. The van der Waals surface area contributed by atoms with Gasteiger partial charge in [-0.3, -0.25) is 14.3 Å². The van der Waals surface area contributed by atoms with Crippen molar-refractivity contribution in [2.45, 2.75) is 32.7 Å². The zero-order valence-electron chi connectivity index (χ0n) is 16.3. The minimum atomic E-state index is -0.154. The minimum Gasteiger partial charge on any atom is -0.497 e. The van der Waals surface area contributed by atoms with Gasteiger partial charge in [-0.1, -0.05) is 19.4 Å². The molecule has 0 radical (unpaired) electrons. The first kappa shape index (κ1) is 18.9. The second-order valence-corrected chi connectivity index (χ2v) is 6.88. The number of carbonyl (C=O) groups is 2. The van der Waals surface area contributed by atoms with Crippen molar-refractivity contribution in [3.8, 4) is 5.75 Å². The van der Waals surface area contributed by atoms with Crippen LogP contribution in [0, 0.1) is 0 Å². The predicted octanol–water partition coefficient (Wildman–Crippen LogP) is 2.26. The van der Waals surface area contributed by atoms with Crippen molar-refractivity contribution in [2.75, 3.05) is 25.1 Å². The Bertz CT molecular complexity index is 846. The Morgan fingerprint density at radius 1 is 1.33 bits per heavy atom. The number of hydrogen-bond acceptors (Lipinski definition) is 4. The number of nitrogens with zero attached hydrogens (tertiary/aromatic N) is 4. The molecule has 2 aromatic rings. The highest BCUT2D eigenvalue weighted by molar-refractivity contribution is 6.01. The number of rotatable bonds is 5. The Labute approximate surface area is 159 Å². The van der Waals surface area contributed by atoms with Crippen LogP contribution in [0.1, 0.15) is 36.5 Å². The average molecular weight is 370 g/mol. The first-order valence-electron chi connectivity index (χ1n) is 9.23. The standard InChI is InChI=1S/C20H26N4O3/c1-5-7-15-10-18(22(3)21-15)20(26)23-13-19(25)24(12-14(23)2)16-8-6-9-17(11-16)27-4/h6,8-11,14H,5,7,12-13H2,1-4H3/t14-/m0/s1. The van der Waals surface area contributed by atoms with Crippen molar-refractivity contribution < 1.29 is 14.3 Å². The molecule has 27 heavy (non-hydrogen) atoms. The van der Waals surface area contributed by atoms with Crippen LogP contribution in [0.15, 0.2) is 30.3 Å². The smallest absolute Gasteiger partial charge is 0.272 e. The third-order valence-electron chi connectivity index (χ3n) is 4.87. The SMILES string of the molecule is CCCc1cc(C(=O)N2CC(=O)N(c3cccc(OC)c3)C[C@@H]2C)n(C)n1. The Morgan fingerprint density at radius 3 is 2.81 bits per heavy atom. The van der Waals surface area contributed by atoms with Gasteiger partial charge in [-0.15, -0.1) is 0 Å². The summed E-state index contributed by atoms with van der Waals surface area (Å²) in [4.78, 5) is 29.1. The maximum atomic E-state index is 13.0. The van der Waals surface area contributed by atoms with Crippen LogP contribution in [0.5, 0.6) is 5.75 Å². The van der Waals surface area contributed by atoms with Crippen molar-refractivity contribution in [1.82, 2.24) is 14.7 Å². The van der Waals surface area contributed by atoms with E-state index < -0.39 is 0 Å². The van der Waals surface area contributed by atoms with E-state index in [1.807, 2.05) is 37.3 Å². The van der Waals surface area contributed by atoms with E-state index in [0.29, 0.717) is 18.0 Å². The molecule has 1 fully saturated rings. The van der Waals surface area contributed by atoms with Crippen LogP contribution < -0.4 is 9.64 Å². The summed E-state index contributed by atoms with van der Waals surface area (Å²) < 4.78 is 6.86. The second kappa shape index (κ2) is 7.82. The van der Waals surface area contributed by atoms with Gasteiger partial charge in [0.1, 0.15) is 18.0 Å². The molecule has 1 atom stereocenters. The Hall–Kier alpha value is -2.83. The number of aryl methyl sites for hydroxylation is 2. The number of benzene rings is 1. The van der Waals surface area contributed by atoms with Crippen molar-refractivity contribution in [3.63, 3.8) is 0 Å². The molecule has 0 N–H and O–H groups in total. The summed E-state index contributed by atoms with van der Waals surface area (Å²) in [6.45, 7) is 4.53. The van der Waals surface area contributed by atoms with E-state index in [1.165, 1.54) is 0 Å². The lowest BCUT2D eigenvalue weighted by Gasteiger charge is -2.39. The molecule has 7 heteroatoms. The van der Waals surface area contributed by atoms with Crippen molar-refractivity contribution >= 4 is 17.5 Å². The maximum absolute atomic E-state index is 13.0. The van der Waals surface area contributed by atoms with Gasteiger partial charge in [-0.25, -0.2) is 0 Å². The van der Waals surface area contributed by atoms with E-state index >= 15 is 0 Å². The lowest BCUT2D eigenvalue weighted by Crippen LogP contribution is -2.57. The van der Waals surface area contributed by atoms with E-state index in [9.17, 15) is 9.59 Å². The summed E-state index contributed by atoms with van der Waals surface area (Å²) in [5.41, 5.74) is 2.20. The van der Waals surface area contributed by atoms with Crippen molar-refractivity contribution in [1.29, 1.82) is 0 Å². The molecule has 0 spiro atoms. The van der Waals surface area contributed by atoms with Crippen LogP contribution in [-0.4, -0.2) is 52.7 Å². The Morgan fingerprint density at radius 2 is 2.11 bits per heavy atom. The van der Waals surface area contributed by atoms with E-state index in [2.05, 4.69) is 12.0 Å². The highest BCUT2D eigenvalue weighted by Gasteiger charge is 2.34. The molecule has 0 saturated carbocycles. The summed E-state index contributed by atoms with van der Waals surface area (Å²) in [7, 11) is 3.37. The number of hydrogen-bond donors (Lipinski definition) is 0. The summed E-state index contributed by atoms with van der Waals surface area (Å²) in [6, 6.07) is 9.13. The molecule has 1 aromatic heterocycles. The molecule has 3 rings (SSSR count). The summed E-state index contributed by atoms with van der Waals surface area (Å²) in [6.07, 6.45) is 1.80. The minimum absolute atomic E-state index is 0.0471. The first-order valence-corrected chi connectivity index (χ1v) is 9.23. The number of amides is 2. The molecule has 0 aliphatic carbocycles. The maximum Gasteiger partial charge on any atom is 0.272 e. The molecular weight excluding hydrogens is 344 g/mol. The number of methoxy groups -OCH3 is 1. The third kappa shape index (κ3) is 3.82. The molecular formula is C20H26N4O3. The van der Waals surface area contributed by atoms with Gasteiger partial charge in [0.05, 0.1) is 12.8 Å². The van der Waals surface area contributed by atoms with Crippen molar-refractivity contribution in [3.05, 3.63) is 41.7 Å². The molecule has 0 unspecified atom stereocenters. The van der Waals surface area contributed by atoms with Crippen LogP contribution in [0.2, 0.25) is 0 Å². The quantitative estimate of drug-likeness (QED) is 0.810. The average Bonchev–Trinajstić information content (AvgIpc) is 3.03. The van der Waals surface area contributed by atoms with Crippen LogP contribution >= 0.6 is 0 Å². The summed E-state index contributed by atoms with van der Waals surface area (Å²) in [5, 5.41) is 4.40. The Kier molecular flexibility index (Phi) is 5.48. The predicted molar refractivity (Wildman–Crippen MR) is 103 cm³/mol. The van der Waals surface area contributed by atoms with E-state index in [4.69, 9.17) is 4.74 Å². The van der Waals surface area contributed by atoms with Crippen molar-refractivity contribution in [2.24, 2.45) is 7.05 Å². The third-order valence-corrected chi connectivity index (χ3v) is 4.87. The monoisotopic (exact) mass is 370 g/mol. The van der Waals surface area contributed by atoms with Gasteiger partial charge in [0, 0.05) is 31.4 Å². The molecule has 1 aliphatic heterocycles. The molecule has 1 aromatic carbocycles.